The van der Waals surface area contributed by atoms with Crippen molar-refractivity contribution in [2.75, 3.05) is 0 Å². The number of carbonyl (C=O) groups excluding carboxylic acids is 1. The maximum absolute atomic E-state index is 11.9. The fraction of sp³-hybridized carbons (Fsp3) is 0.562. The summed E-state index contributed by atoms with van der Waals surface area (Å²) in [7, 11) is 0. The van der Waals surface area contributed by atoms with E-state index in [-0.39, 0.29) is 12.1 Å². The molecule has 1 rings (SSSR count). The maximum atomic E-state index is 11.9. The molecular formula is C16H24O2. The van der Waals surface area contributed by atoms with Gasteiger partial charge in [0.25, 0.3) is 0 Å². The summed E-state index contributed by atoms with van der Waals surface area (Å²) in [4.78, 5) is 11.9. The fourth-order valence-corrected chi connectivity index (χ4v) is 1.89. The van der Waals surface area contributed by atoms with Gasteiger partial charge in [-0.05, 0) is 23.8 Å². The van der Waals surface area contributed by atoms with Crippen LogP contribution in [0.25, 0.3) is 0 Å². The predicted molar refractivity (Wildman–Crippen MR) is 74.3 cm³/mol. The molecule has 0 heterocycles. The lowest BCUT2D eigenvalue weighted by molar-refractivity contribution is -0.151. The summed E-state index contributed by atoms with van der Waals surface area (Å²) in [6.07, 6.45) is 1.32. The zero-order valence-electron chi connectivity index (χ0n) is 11.8. The summed E-state index contributed by atoms with van der Waals surface area (Å²) < 4.78 is 5.59. The van der Waals surface area contributed by atoms with Crippen molar-refractivity contribution in [2.45, 2.75) is 46.6 Å². The maximum Gasteiger partial charge on any atom is 0.310 e. The molecule has 100 valence electrons. The standard InChI is InChI=1S/C16H24O2/c1-12(2)10-15(13(3)4)18-16(17)11-14-8-6-5-7-9-14/h5-9,12-13,15H,10-11H2,1-4H3. The van der Waals surface area contributed by atoms with Gasteiger partial charge in [0.05, 0.1) is 6.42 Å². The van der Waals surface area contributed by atoms with Gasteiger partial charge in [-0.1, -0.05) is 58.0 Å². The minimum absolute atomic E-state index is 0.0289. The molecule has 0 fully saturated rings. The average Bonchev–Trinajstić information content (AvgIpc) is 2.28. The number of hydrogen-bond acceptors (Lipinski definition) is 2. The van der Waals surface area contributed by atoms with Crippen molar-refractivity contribution in [1.82, 2.24) is 0 Å². The van der Waals surface area contributed by atoms with E-state index in [9.17, 15) is 4.79 Å². The lowest BCUT2D eigenvalue weighted by atomic mass is 9.97. The van der Waals surface area contributed by atoms with E-state index in [1.165, 1.54) is 0 Å². The van der Waals surface area contributed by atoms with Crippen LogP contribution in [0.5, 0.6) is 0 Å². The van der Waals surface area contributed by atoms with E-state index in [2.05, 4.69) is 27.7 Å². The smallest absolute Gasteiger partial charge is 0.310 e. The van der Waals surface area contributed by atoms with Gasteiger partial charge in [-0.2, -0.15) is 0 Å². The predicted octanol–water partition coefficient (Wildman–Crippen LogP) is 3.84. The third-order valence-corrected chi connectivity index (χ3v) is 2.92. The normalized spacial score (nSPS) is 12.8. The van der Waals surface area contributed by atoms with Crippen LogP contribution in [-0.2, 0) is 16.0 Å². The van der Waals surface area contributed by atoms with Gasteiger partial charge in [0.2, 0.25) is 0 Å². The molecule has 18 heavy (non-hydrogen) atoms. The third kappa shape index (κ3) is 5.35. The lowest BCUT2D eigenvalue weighted by Gasteiger charge is -2.23. The summed E-state index contributed by atoms with van der Waals surface area (Å²) in [5.41, 5.74) is 1.01. The molecular weight excluding hydrogens is 224 g/mol. The van der Waals surface area contributed by atoms with Crippen LogP contribution in [0.15, 0.2) is 30.3 Å². The monoisotopic (exact) mass is 248 g/mol. The number of ether oxygens (including phenoxy) is 1. The topological polar surface area (TPSA) is 26.3 Å². The Morgan fingerprint density at radius 1 is 1.11 bits per heavy atom. The van der Waals surface area contributed by atoms with Crippen molar-refractivity contribution in [2.24, 2.45) is 11.8 Å². The van der Waals surface area contributed by atoms with E-state index in [4.69, 9.17) is 4.74 Å². The molecule has 0 aliphatic heterocycles. The number of rotatable bonds is 6. The Balaban J connectivity index is 2.51. The number of carbonyl (C=O) groups is 1. The van der Waals surface area contributed by atoms with Crippen molar-refractivity contribution in [3.05, 3.63) is 35.9 Å². The van der Waals surface area contributed by atoms with Gasteiger partial charge in [-0.25, -0.2) is 0 Å². The molecule has 0 amide bonds. The van der Waals surface area contributed by atoms with Crippen molar-refractivity contribution in [3.63, 3.8) is 0 Å². The minimum atomic E-state index is -0.124. The summed E-state index contributed by atoms with van der Waals surface area (Å²) >= 11 is 0. The summed E-state index contributed by atoms with van der Waals surface area (Å²) in [5, 5.41) is 0. The molecule has 0 radical (unpaired) electrons. The molecule has 1 unspecified atom stereocenters. The highest BCUT2D eigenvalue weighted by Crippen LogP contribution is 2.17. The van der Waals surface area contributed by atoms with Crippen LogP contribution in [0.1, 0.15) is 39.7 Å². The lowest BCUT2D eigenvalue weighted by Crippen LogP contribution is -2.26. The Hall–Kier alpha value is -1.31. The highest BCUT2D eigenvalue weighted by atomic mass is 16.5. The first-order valence-electron chi connectivity index (χ1n) is 6.72. The van der Waals surface area contributed by atoms with E-state index in [0.717, 1.165) is 12.0 Å². The first-order valence-corrected chi connectivity index (χ1v) is 6.72. The molecule has 0 aliphatic rings. The number of benzene rings is 1. The second-order valence-corrected chi connectivity index (χ2v) is 5.56. The highest BCUT2D eigenvalue weighted by molar-refractivity contribution is 5.72. The molecule has 2 nitrogen and oxygen atoms in total. The summed E-state index contributed by atoms with van der Waals surface area (Å²) in [5.74, 6) is 0.787. The van der Waals surface area contributed by atoms with Crippen LogP contribution in [-0.4, -0.2) is 12.1 Å². The SMILES string of the molecule is CC(C)CC(OC(=O)Cc1ccccc1)C(C)C. The van der Waals surface area contributed by atoms with Gasteiger partial charge in [-0.15, -0.1) is 0 Å². The summed E-state index contributed by atoms with van der Waals surface area (Å²) in [6.45, 7) is 8.51. The Kier molecular flexibility index (Phi) is 5.90. The molecule has 2 heteroatoms. The van der Waals surface area contributed by atoms with Crippen LogP contribution in [0, 0.1) is 11.8 Å². The molecule has 1 aromatic carbocycles. The third-order valence-electron chi connectivity index (χ3n) is 2.92. The molecule has 0 aromatic heterocycles. The van der Waals surface area contributed by atoms with Crippen molar-refractivity contribution >= 4 is 5.97 Å². The highest BCUT2D eigenvalue weighted by Gasteiger charge is 2.19. The van der Waals surface area contributed by atoms with Crippen LogP contribution < -0.4 is 0 Å². The second kappa shape index (κ2) is 7.20. The van der Waals surface area contributed by atoms with Crippen LogP contribution >= 0.6 is 0 Å². The van der Waals surface area contributed by atoms with Crippen LogP contribution in [0.4, 0.5) is 0 Å². The minimum Gasteiger partial charge on any atom is -0.462 e. The zero-order chi connectivity index (χ0) is 13.5. The molecule has 0 bridgehead atoms. The first kappa shape index (κ1) is 14.7. The van der Waals surface area contributed by atoms with E-state index < -0.39 is 0 Å². The van der Waals surface area contributed by atoms with E-state index in [0.29, 0.717) is 18.3 Å². The number of hydrogen-bond donors (Lipinski definition) is 0. The first-order chi connectivity index (χ1) is 8.49. The van der Waals surface area contributed by atoms with Gasteiger partial charge in [0.1, 0.15) is 6.10 Å². The van der Waals surface area contributed by atoms with E-state index in [1.807, 2.05) is 30.3 Å². The van der Waals surface area contributed by atoms with Gasteiger partial charge in [0, 0.05) is 0 Å². The van der Waals surface area contributed by atoms with Gasteiger partial charge < -0.3 is 4.74 Å². The fourth-order valence-electron chi connectivity index (χ4n) is 1.89. The Labute approximate surface area is 110 Å². The van der Waals surface area contributed by atoms with Gasteiger partial charge in [0.15, 0.2) is 0 Å². The van der Waals surface area contributed by atoms with Crippen LogP contribution in [0.3, 0.4) is 0 Å². The molecule has 0 spiro atoms. The summed E-state index contributed by atoms with van der Waals surface area (Å²) in [6, 6.07) is 9.74. The molecule has 1 atom stereocenters. The number of esters is 1. The Morgan fingerprint density at radius 2 is 1.72 bits per heavy atom. The zero-order valence-corrected chi connectivity index (χ0v) is 11.8. The second-order valence-electron chi connectivity index (χ2n) is 5.56. The molecule has 0 saturated heterocycles. The average molecular weight is 248 g/mol. The quantitative estimate of drug-likeness (QED) is 0.715. The Morgan fingerprint density at radius 3 is 2.22 bits per heavy atom. The largest absolute Gasteiger partial charge is 0.462 e. The van der Waals surface area contributed by atoms with Gasteiger partial charge in [-0.3, -0.25) is 4.79 Å². The van der Waals surface area contributed by atoms with Crippen molar-refractivity contribution < 1.29 is 9.53 Å². The Bertz CT molecular complexity index is 355. The van der Waals surface area contributed by atoms with Gasteiger partial charge >= 0.3 is 5.97 Å². The molecule has 1 aromatic rings. The molecule has 0 aliphatic carbocycles. The van der Waals surface area contributed by atoms with Crippen LogP contribution in [0.2, 0.25) is 0 Å². The molecule has 0 N–H and O–H groups in total. The van der Waals surface area contributed by atoms with Crippen molar-refractivity contribution in [1.29, 1.82) is 0 Å². The van der Waals surface area contributed by atoms with E-state index in [1.54, 1.807) is 0 Å². The van der Waals surface area contributed by atoms with E-state index >= 15 is 0 Å². The molecule has 0 saturated carbocycles. The van der Waals surface area contributed by atoms with Crippen molar-refractivity contribution in [3.8, 4) is 0 Å².